The number of hydrogen-bond acceptors (Lipinski definition) is 3. The van der Waals surface area contributed by atoms with Crippen molar-refractivity contribution in [1.29, 1.82) is 0 Å². The van der Waals surface area contributed by atoms with Gasteiger partial charge in [0, 0.05) is 19.6 Å². The lowest BCUT2D eigenvalue weighted by Crippen LogP contribution is -2.36. The topological polar surface area (TPSA) is 50.2 Å². The molecule has 1 N–H and O–H groups in total. The van der Waals surface area contributed by atoms with Crippen molar-refractivity contribution in [2.24, 2.45) is 0 Å². The van der Waals surface area contributed by atoms with Gasteiger partial charge in [0.15, 0.2) is 0 Å². The smallest absolute Gasteiger partial charge is 0.242 e. The number of para-hydroxylation sites is 2. The number of fused-ring (bicyclic) bond motifs is 1. The Morgan fingerprint density at radius 1 is 1.23 bits per heavy atom. The van der Waals surface area contributed by atoms with Gasteiger partial charge in [-0.2, -0.15) is 0 Å². The number of aromatic nitrogens is 2. The number of nitrogens with zero attached hydrogens (tertiary/aromatic N) is 3. The third kappa shape index (κ3) is 3.91. The molecule has 22 heavy (non-hydrogen) atoms. The summed E-state index contributed by atoms with van der Waals surface area (Å²) in [4.78, 5) is 18.9. The molecule has 2 heterocycles. The first kappa shape index (κ1) is 18.7. The number of halogens is 2. The molecule has 1 aromatic carbocycles. The molecule has 0 atom stereocenters. The largest absolute Gasteiger partial charge is 0.340 e. The molecule has 0 bridgehead atoms. The lowest BCUT2D eigenvalue weighted by Gasteiger charge is -2.20. The van der Waals surface area contributed by atoms with Crippen LogP contribution in [0.15, 0.2) is 24.3 Å². The molecule has 3 rings (SSSR count). The maximum Gasteiger partial charge on any atom is 0.242 e. The summed E-state index contributed by atoms with van der Waals surface area (Å²) in [7, 11) is 0. The van der Waals surface area contributed by atoms with E-state index in [2.05, 4.69) is 10.3 Å². The van der Waals surface area contributed by atoms with E-state index in [4.69, 9.17) is 0 Å². The van der Waals surface area contributed by atoms with Gasteiger partial charge in [0.25, 0.3) is 0 Å². The van der Waals surface area contributed by atoms with Crippen molar-refractivity contribution in [3.05, 3.63) is 30.1 Å². The Hall–Kier alpha value is -1.30. The van der Waals surface area contributed by atoms with E-state index in [0.29, 0.717) is 6.54 Å². The molecule has 1 saturated heterocycles. The van der Waals surface area contributed by atoms with Crippen molar-refractivity contribution >= 4 is 41.8 Å². The summed E-state index contributed by atoms with van der Waals surface area (Å²) in [6.45, 7) is 5.86. The second-order valence-corrected chi connectivity index (χ2v) is 5.22. The van der Waals surface area contributed by atoms with E-state index < -0.39 is 0 Å². The highest BCUT2D eigenvalue weighted by Gasteiger charge is 2.17. The predicted molar refractivity (Wildman–Crippen MR) is 93.0 cm³/mol. The van der Waals surface area contributed by atoms with Gasteiger partial charge < -0.3 is 14.8 Å². The molecule has 122 valence electrons. The van der Waals surface area contributed by atoms with E-state index in [0.717, 1.165) is 49.5 Å². The molecule has 0 spiro atoms. The normalized spacial score (nSPS) is 14.9. The average molecular weight is 345 g/mol. The summed E-state index contributed by atoms with van der Waals surface area (Å²) >= 11 is 0. The fourth-order valence-electron chi connectivity index (χ4n) is 2.73. The van der Waals surface area contributed by atoms with Crippen molar-refractivity contribution < 1.29 is 4.79 Å². The number of aryl methyl sites for hydroxylation is 1. The first-order chi connectivity index (χ1) is 9.75. The first-order valence-corrected chi connectivity index (χ1v) is 7.16. The summed E-state index contributed by atoms with van der Waals surface area (Å²) in [5.41, 5.74) is 1.99. The van der Waals surface area contributed by atoms with Crippen LogP contribution in [0.1, 0.15) is 12.2 Å². The molecule has 1 fully saturated rings. The van der Waals surface area contributed by atoms with E-state index >= 15 is 0 Å². The molecule has 1 amide bonds. The zero-order valence-electron chi connectivity index (χ0n) is 12.6. The Balaban J connectivity index is 0.00000121. The minimum Gasteiger partial charge on any atom is -0.340 e. The molecular weight excluding hydrogens is 323 g/mol. The molecule has 1 aliphatic heterocycles. The maximum atomic E-state index is 12.5. The standard InChI is InChI=1S/C15H20N4O.2ClH/c1-12-17-13-5-2-3-6-14(13)19(12)11-15(20)18-9-4-7-16-8-10-18;;/h2-3,5-6,16H,4,7-11H2,1H3;2*1H. The number of carbonyl (C=O) groups excluding carboxylic acids is 1. The van der Waals surface area contributed by atoms with Gasteiger partial charge in [-0.05, 0) is 32.0 Å². The summed E-state index contributed by atoms with van der Waals surface area (Å²) in [6.07, 6.45) is 1.02. The predicted octanol–water partition coefficient (Wildman–Crippen LogP) is 2.01. The number of imidazole rings is 1. The number of benzene rings is 1. The molecule has 7 heteroatoms. The molecule has 1 aliphatic rings. The number of hydrogen-bond donors (Lipinski definition) is 1. The second kappa shape index (κ2) is 8.36. The van der Waals surface area contributed by atoms with Gasteiger partial charge >= 0.3 is 0 Å². The SMILES string of the molecule is Cc1nc2ccccc2n1CC(=O)N1CCCNCC1.Cl.Cl. The Morgan fingerprint density at radius 2 is 2.00 bits per heavy atom. The third-order valence-corrected chi connectivity index (χ3v) is 3.83. The molecule has 2 aromatic rings. The van der Waals surface area contributed by atoms with Gasteiger partial charge in [-0.1, -0.05) is 12.1 Å². The van der Waals surface area contributed by atoms with Gasteiger partial charge in [0.2, 0.25) is 5.91 Å². The van der Waals surface area contributed by atoms with E-state index in [1.807, 2.05) is 40.7 Å². The van der Waals surface area contributed by atoms with E-state index in [9.17, 15) is 4.79 Å². The van der Waals surface area contributed by atoms with Gasteiger partial charge in [-0.15, -0.1) is 24.8 Å². The number of rotatable bonds is 2. The van der Waals surface area contributed by atoms with Gasteiger partial charge in [-0.3, -0.25) is 4.79 Å². The van der Waals surface area contributed by atoms with E-state index in [1.165, 1.54) is 0 Å². The molecular formula is C15H22Cl2N4O. The summed E-state index contributed by atoms with van der Waals surface area (Å²) in [5, 5.41) is 3.32. The quantitative estimate of drug-likeness (QED) is 0.906. The lowest BCUT2D eigenvalue weighted by atomic mass is 10.3. The summed E-state index contributed by atoms with van der Waals surface area (Å²) in [6, 6.07) is 7.97. The summed E-state index contributed by atoms with van der Waals surface area (Å²) < 4.78 is 2.01. The van der Waals surface area contributed by atoms with Crippen LogP contribution in [0.25, 0.3) is 11.0 Å². The molecule has 0 unspecified atom stereocenters. The van der Waals surface area contributed by atoms with Crippen molar-refractivity contribution in [3.8, 4) is 0 Å². The van der Waals surface area contributed by atoms with Crippen LogP contribution in [-0.2, 0) is 11.3 Å². The minimum absolute atomic E-state index is 0. The number of amides is 1. The first-order valence-electron chi connectivity index (χ1n) is 7.16. The monoisotopic (exact) mass is 344 g/mol. The second-order valence-electron chi connectivity index (χ2n) is 5.22. The van der Waals surface area contributed by atoms with E-state index in [-0.39, 0.29) is 30.7 Å². The fraction of sp³-hybridized carbons (Fsp3) is 0.467. The molecule has 0 aliphatic carbocycles. The highest BCUT2D eigenvalue weighted by Crippen LogP contribution is 2.15. The maximum absolute atomic E-state index is 12.5. The minimum atomic E-state index is 0. The van der Waals surface area contributed by atoms with Crippen LogP contribution in [-0.4, -0.2) is 46.5 Å². The van der Waals surface area contributed by atoms with Crippen LogP contribution >= 0.6 is 24.8 Å². The molecule has 0 saturated carbocycles. The zero-order chi connectivity index (χ0) is 13.9. The fourth-order valence-corrected chi connectivity index (χ4v) is 2.73. The Morgan fingerprint density at radius 3 is 2.82 bits per heavy atom. The van der Waals surface area contributed by atoms with Gasteiger partial charge in [0.1, 0.15) is 12.4 Å². The van der Waals surface area contributed by atoms with Gasteiger partial charge in [0.05, 0.1) is 11.0 Å². The average Bonchev–Trinajstić information content (AvgIpc) is 2.66. The summed E-state index contributed by atoms with van der Waals surface area (Å²) in [5.74, 6) is 1.08. The number of nitrogens with one attached hydrogen (secondary N) is 1. The van der Waals surface area contributed by atoms with Crippen LogP contribution in [0.4, 0.5) is 0 Å². The highest BCUT2D eigenvalue weighted by atomic mass is 35.5. The molecule has 1 aromatic heterocycles. The Labute approximate surface area is 142 Å². The van der Waals surface area contributed by atoms with Crippen LogP contribution in [0, 0.1) is 6.92 Å². The molecule has 0 radical (unpaired) electrons. The van der Waals surface area contributed by atoms with Crippen molar-refractivity contribution in [2.45, 2.75) is 19.9 Å². The number of carbonyl (C=O) groups is 1. The molecule has 5 nitrogen and oxygen atoms in total. The van der Waals surface area contributed by atoms with Gasteiger partial charge in [-0.25, -0.2) is 4.98 Å². The van der Waals surface area contributed by atoms with Crippen LogP contribution in [0.2, 0.25) is 0 Å². The van der Waals surface area contributed by atoms with Crippen LogP contribution in [0.3, 0.4) is 0 Å². The highest BCUT2D eigenvalue weighted by molar-refractivity contribution is 5.85. The Bertz CT molecular complexity index is 621. The van der Waals surface area contributed by atoms with Crippen molar-refractivity contribution in [2.75, 3.05) is 26.2 Å². The lowest BCUT2D eigenvalue weighted by molar-refractivity contribution is -0.131. The van der Waals surface area contributed by atoms with Crippen molar-refractivity contribution in [3.63, 3.8) is 0 Å². The zero-order valence-corrected chi connectivity index (χ0v) is 14.3. The van der Waals surface area contributed by atoms with E-state index in [1.54, 1.807) is 0 Å². The Kier molecular flexibility index (Phi) is 7.13. The third-order valence-electron chi connectivity index (χ3n) is 3.83. The van der Waals surface area contributed by atoms with Crippen LogP contribution < -0.4 is 5.32 Å². The van der Waals surface area contributed by atoms with Crippen LogP contribution in [0.5, 0.6) is 0 Å². The van der Waals surface area contributed by atoms with Crippen molar-refractivity contribution in [1.82, 2.24) is 19.8 Å².